The second-order valence-corrected chi connectivity index (χ2v) is 6.03. The molecule has 0 saturated carbocycles. The van der Waals surface area contributed by atoms with Crippen LogP contribution >= 0.6 is 0 Å². The standard InChI is InChI=1S/C18H23N3O3/c1-2-3-6-9-21-17(22)15-8-5-4-7-14(15)16(19-21)18(23)20-10-12-24-13-11-20/h4-5,7-8H,2-3,6,9-13H2,1H3. The average molecular weight is 329 g/mol. The number of benzene rings is 1. The predicted octanol–water partition coefficient (Wildman–Crippen LogP) is 2.06. The smallest absolute Gasteiger partial charge is 0.275 e. The van der Waals surface area contributed by atoms with E-state index in [0.29, 0.717) is 49.3 Å². The van der Waals surface area contributed by atoms with Crippen LogP contribution in [0.1, 0.15) is 36.7 Å². The summed E-state index contributed by atoms with van der Waals surface area (Å²) in [5, 5.41) is 5.61. The zero-order valence-corrected chi connectivity index (χ0v) is 14.0. The molecule has 1 aromatic heterocycles. The number of rotatable bonds is 5. The summed E-state index contributed by atoms with van der Waals surface area (Å²) in [5.41, 5.74) is 0.240. The monoisotopic (exact) mass is 329 g/mol. The minimum atomic E-state index is -0.126. The highest BCUT2D eigenvalue weighted by Crippen LogP contribution is 2.16. The van der Waals surface area contributed by atoms with Crippen molar-refractivity contribution >= 4 is 16.7 Å². The lowest BCUT2D eigenvalue weighted by Gasteiger charge is -2.27. The minimum Gasteiger partial charge on any atom is -0.378 e. The van der Waals surface area contributed by atoms with Crippen LogP contribution in [0.4, 0.5) is 0 Å². The number of carbonyl (C=O) groups excluding carboxylic acids is 1. The minimum absolute atomic E-state index is 0.125. The Labute approximate surface area is 141 Å². The number of ether oxygens (including phenoxy) is 1. The average Bonchev–Trinajstić information content (AvgIpc) is 2.64. The van der Waals surface area contributed by atoms with E-state index in [1.54, 1.807) is 17.0 Å². The van der Waals surface area contributed by atoms with Crippen molar-refractivity contribution in [2.75, 3.05) is 26.3 Å². The Morgan fingerprint density at radius 2 is 1.88 bits per heavy atom. The van der Waals surface area contributed by atoms with Crippen molar-refractivity contribution in [1.29, 1.82) is 0 Å². The van der Waals surface area contributed by atoms with Gasteiger partial charge in [0.25, 0.3) is 11.5 Å². The number of hydrogen-bond donors (Lipinski definition) is 0. The van der Waals surface area contributed by atoms with Gasteiger partial charge in [-0.3, -0.25) is 9.59 Å². The van der Waals surface area contributed by atoms with Crippen molar-refractivity contribution in [3.63, 3.8) is 0 Å². The Morgan fingerprint density at radius 3 is 2.58 bits per heavy atom. The Kier molecular flexibility index (Phi) is 5.25. The molecule has 1 aliphatic rings. The molecule has 1 amide bonds. The number of fused-ring (bicyclic) bond motifs is 1. The molecule has 0 atom stereocenters. The number of unbranched alkanes of at least 4 members (excludes halogenated alkanes) is 2. The quantitative estimate of drug-likeness (QED) is 0.788. The number of nitrogens with zero attached hydrogens (tertiary/aromatic N) is 3. The molecule has 0 bridgehead atoms. The Hall–Kier alpha value is -2.21. The largest absolute Gasteiger partial charge is 0.378 e. The molecule has 3 rings (SSSR count). The van der Waals surface area contributed by atoms with Gasteiger partial charge in [0.15, 0.2) is 5.69 Å². The zero-order valence-electron chi connectivity index (χ0n) is 14.0. The van der Waals surface area contributed by atoms with E-state index >= 15 is 0 Å². The molecule has 0 unspecified atom stereocenters. The summed E-state index contributed by atoms with van der Waals surface area (Å²) in [6, 6.07) is 7.23. The Bertz CT molecular complexity index is 779. The number of carbonyl (C=O) groups is 1. The second kappa shape index (κ2) is 7.57. The number of amides is 1. The fourth-order valence-electron chi connectivity index (χ4n) is 2.97. The molecule has 128 valence electrons. The maximum Gasteiger partial charge on any atom is 0.275 e. The first-order valence-corrected chi connectivity index (χ1v) is 8.59. The number of aryl methyl sites for hydroxylation is 1. The lowest BCUT2D eigenvalue weighted by Crippen LogP contribution is -2.42. The van der Waals surface area contributed by atoms with Gasteiger partial charge in [0.2, 0.25) is 0 Å². The molecule has 0 aliphatic carbocycles. The van der Waals surface area contributed by atoms with Crippen LogP contribution in [-0.4, -0.2) is 46.9 Å². The number of hydrogen-bond acceptors (Lipinski definition) is 4. The van der Waals surface area contributed by atoms with Crippen LogP contribution in [0, 0.1) is 0 Å². The molecule has 2 aromatic rings. The summed E-state index contributed by atoms with van der Waals surface area (Å²) in [5.74, 6) is -0.126. The Morgan fingerprint density at radius 1 is 1.17 bits per heavy atom. The van der Waals surface area contributed by atoms with Crippen LogP contribution in [0.3, 0.4) is 0 Å². The van der Waals surface area contributed by atoms with E-state index in [4.69, 9.17) is 4.74 Å². The zero-order chi connectivity index (χ0) is 16.9. The maximum atomic E-state index is 12.9. The molecule has 24 heavy (non-hydrogen) atoms. The molecule has 1 aliphatic heterocycles. The predicted molar refractivity (Wildman–Crippen MR) is 92.3 cm³/mol. The highest BCUT2D eigenvalue weighted by Gasteiger charge is 2.23. The van der Waals surface area contributed by atoms with Crippen LogP contribution in [0.15, 0.2) is 29.1 Å². The molecule has 0 spiro atoms. The van der Waals surface area contributed by atoms with E-state index in [-0.39, 0.29) is 11.5 Å². The third kappa shape index (κ3) is 3.33. The summed E-state index contributed by atoms with van der Waals surface area (Å²) in [4.78, 5) is 27.3. The van der Waals surface area contributed by atoms with Crippen molar-refractivity contribution in [2.24, 2.45) is 0 Å². The molecular formula is C18H23N3O3. The number of aromatic nitrogens is 2. The molecule has 2 heterocycles. The van der Waals surface area contributed by atoms with Crippen LogP contribution in [0.25, 0.3) is 10.8 Å². The molecule has 0 N–H and O–H groups in total. The van der Waals surface area contributed by atoms with Gasteiger partial charge in [-0.25, -0.2) is 4.68 Å². The molecule has 6 nitrogen and oxygen atoms in total. The van der Waals surface area contributed by atoms with Crippen LogP contribution in [0.5, 0.6) is 0 Å². The van der Waals surface area contributed by atoms with Gasteiger partial charge in [-0.1, -0.05) is 38.0 Å². The highest BCUT2D eigenvalue weighted by molar-refractivity contribution is 6.04. The summed E-state index contributed by atoms with van der Waals surface area (Å²) >= 11 is 0. The van der Waals surface area contributed by atoms with Gasteiger partial charge in [-0.05, 0) is 12.5 Å². The first-order valence-electron chi connectivity index (χ1n) is 8.59. The van der Waals surface area contributed by atoms with Gasteiger partial charge in [0, 0.05) is 25.0 Å². The SMILES string of the molecule is CCCCCn1nc(C(=O)N2CCOCC2)c2ccccc2c1=O. The summed E-state index contributed by atoms with van der Waals surface area (Å²) < 4.78 is 6.76. The first-order chi connectivity index (χ1) is 11.7. The summed E-state index contributed by atoms with van der Waals surface area (Å²) in [7, 11) is 0. The Balaban J connectivity index is 2.03. The van der Waals surface area contributed by atoms with E-state index in [1.165, 1.54) is 4.68 Å². The maximum absolute atomic E-state index is 12.9. The summed E-state index contributed by atoms with van der Waals surface area (Å²) in [6.07, 6.45) is 2.99. The van der Waals surface area contributed by atoms with Crippen LogP contribution in [-0.2, 0) is 11.3 Å². The van der Waals surface area contributed by atoms with Crippen molar-refractivity contribution in [1.82, 2.24) is 14.7 Å². The van der Waals surface area contributed by atoms with E-state index < -0.39 is 0 Å². The number of morpholine rings is 1. The van der Waals surface area contributed by atoms with Gasteiger partial charge in [-0.15, -0.1) is 0 Å². The third-order valence-electron chi connectivity index (χ3n) is 4.34. The molecule has 1 fully saturated rings. The van der Waals surface area contributed by atoms with E-state index in [9.17, 15) is 9.59 Å². The van der Waals surface area contributed by atoms with E-state index in [0.717, 1.165) is 19.3 Å². The summed E-state index contributed by atoms with van der Waals surface area (Å²) in [6.45, 7) is 4.86. The van der Waals surface area contributed by atoms with Gasteiger partial charge in [0.05, 0.1) is 18.6 Å². The fraction of sp³-hybridized carbons (Fsp3) is 0.500. The lowest BCUT2D eigenvalue weighted by atomic mass is 10.1. The molecular weight excluding hydrogens is 306 g/mol. The first kappa shape index (κ1) is 16.6. The molecule has 1 saturated heterocycles. The van der Waals surface area contributed by atoms with Crippen LogP contribution < -0.4 is 5.56 Å². The normalized spacial score (nSPS) is 15.0. The van der Waals surface area contributed by atoms with Gasteiger partial charge in [-0.2, -0.15) is 5.10 Å². The van der Waals surface area contributed by atoms with Crippen molar-refractivity contribution in [3.8, 4) is 0 Å². The molecule has 6 heteroatoms. The lowest BCUT2D eigenvalue weighted by molar-refractivity contribution is 0.0299. The highest BCUT2D eigenvalue weighted by atomic mass is 16.5. The van der Waals surface area contributed by atoms with E-state index in [2.05, 4.69) is 12.0 Å². The molecule has 1 aromatic carbocycles. The van der Waals surface area contributed by atoms with E-state index in [1.807, 2.05) is 12.1 Å². The van der Waals surface area contributed by atoms with Gasteiger partial charge >= 0.3 is 0 Å². The van der Waals surface area contributed by atoms with Gasteiger partial charge in [0.1, 0.15) is 0 Å². The van der Waals surface area contributed by atoms with Crippen molar-refractivity contribution < 1.29 is 9.53 Å². The van der Waals surface area contributed by atoms with Gasteiger partial charge < -0.3 is 9.64 Å². The molecule has 0 radical (unpaired) electrons. The topological polar surface area (TPSA) is 64.4 Å². The second-order valence-electron chi connectivity index (χ2n) is 6.03. The van der Waals surface area contributed by atoms with Crippen molar-refractivity contribution in [3.05, 3.63) is 40.3 Å². The third-order valence-corrected chi connectivity index (χ3v) is 4.34. The fourth-order valence-corrected chi connectivity index (χ4v) is 2.97. The van der Waals surface area contributed by atoms with Crippen molar-refractivity contribution in [2.45, 2.75) is 32.7 Å². The van der Waals surface area contributed by atoms with Crippen LogP contribution in [0.2, 0.25) is 0 Å².